The van der Waals surface area contributed by atoms with Crippen molar-refractivity contribution in [1.29, 1.82) is 0 Å². The lowest BCUT2D eigenvalue weighted by atomic mass is 10.2. The minimum Gasteiger partial charge on any atom is -0.340 e. The molecule has 28 heavy (non-hydrogen) atoms. The van der Waals surface area contributed by atoms with Gasteiger partial charge in [0.25, 0.3) is 0 Å². The third-order valence-electron chi connectivity index (χ3n) is 4.78. The van der Waals surface area contributed by atoms with E-state index in [1.54, 1.807) is 11.3 Å². The molecule has 146 valence electrons. The van der Waals surface area contributed by atoms with Gasteiger partial charge in [-0.3, -0.25) is 9.69 Å². The molecule has 0 unspecified atom stereocenters. The molecule has 0 spiro atoms. The second-order valence-corrected chi connectivity index (χ2v) is 8.16. The van der Waals surface area contributed by atoms with Crippen LogP contribution in [0.3, 0.4) is 0 Å². The number of hydrogen-bond donors (Lipinski definition) is 0. The Hall–Kier alpha value is -2.22. The molecule has 1 amide bonds. The Kier molecular flexibility index (Phi) is 6.04. The molecule has 1 fully saturated rings. The number of carbonyl (C=O) groups excluding carboxylic acids is 1. The standard InChI is InChI=1S/C20H21ClN4O2S/c21-16-4-1-3-15(13-16)14-24-8-10-25(11-9-24)19(26)7-6-18-22-20(23-27-18)17-5-2-12-28-17/h1-5,12-13H,6-11,14H2. The Balaban J connectivity index is 1.23. The highest BCUT2D eigenvalue weighted by Crippen LogP contribution is 2.21. The minimum atomic E-state index is 0.137. The van der Waals surface area contributed by atoms with Gasteiger partial charge in [0, 0.05) is 50.6 Å². The predicted molar refractivity (Wildman–Crippen MR) is 109 cm³/mol. The Morgan fingerprint density at radius 1 is 1.18 bits per heavy atom. The van der Waals surface area contributed by atoms with Crippen molar-refractivity contribution < 1.29 is 9.32 Å². The van der Waals surface area contributed by atoms with Gasteiger partial charge in [0.05, 0.1) is 4.88 Å². The van der Waals surface area contributed by atoms with E-state index in [2.05, 4.69) is 21.1 Å². The Bertz CT molecular complexity index is 920. The number of piperazine rings is 1. The Morgan fingerprint density at radius 3 is 2.79 bits per heavy atom. The van der Waals surface area contributed by atoms with E-state index >= 15 is 0 Å². The summed E-state index contributed by atoms with van der Waals surface area (Å²) in [5.74, 6) is 1.24. The van der Waals surface area contributed by atoms with Crippen LogP contribution in [0.4, 0.5) is 0 Å². The van der Waals surface area contributed by atoms with Gasteiger partial charge in [-0.05, 0) is 29.1 Å². The number of amides is 1. The summed E-state index contributed by atoms with van der Waals surface area (Å²) in [6.07, 6.45) is 0.861. The van der Waals surface area contributed by atoms with Gasteiger partial charge in [0.15, 0.2) is 0 Å². The van der Waals surface area contributed by atoms with Gasteiger partial charge in [-0.15, -0.1) is 11.3 Å². The molecule has 0 saturated carbocycles. The van der Waals surface area contributed by atoms with Gasteiger partial charge in [-0.2, -0.15) is 4.98 Å². The van der Waals surface area contributed by atoms with E-state index in [1.165, 1.54) is 5.56 Å². The Morgan fingerprint density at radius 2 is 2.04 bits per heavy atom. The molecule has 1 aliphatic heterocycles. The van der Waals surface area contributed by atoms with Crippen molar-refractivity contribution >= 4 is 28.8 Å². The first-order valence-electron chi connectivity index (χ1n) is 9.28. The van der Waals surface area contributed by atoms with E-state index in [0.717, 1.165) is 42.6 Å². The highest BCUT2D eigenvalue weighted by molar-refractivity contribution is 7.13. The maximum Gasteiger partial charge on any atom is 0.227 e. The fourth-order valence-corrected chi connectivity index (χ4v) is 4.15. The van der Waals surface area contributed by atoms with E-state index in [0.29, 0.717) is 24.6 Å². The van der Waals surface area contributed by atoms with Gasteiger partial charge >= 0.3 is 0 Å². The zero-order valence-electron chi connectivity index (χ0n) is 15.4. The summed E-state index contributed by atoms with van der Waals surface area (Å²) in [7, 11) is 0. The number of benzene rings is 1. The first-order chi connectivity index (χ1) is 13.7. The molecule has 0 bridgehead atoms. The van der Waals surface area contributed by atoms with Gasteiger partial charge in [-0.1, -0.05) is 35.0 Å². The number of halogens is 1. The molecular weight excluding hydrogens is 396 g/mol. The van der Waals surface area contributed by atoms with E-state index < -0.39 is 0 Å². The van der Waals surface area contributed by atoms with Crippen LogP contribution in [-0.4, -0.2) is 52.0 Å². The van der Waals surface area contributed by atoms with E-state index in [1.807, 2.05) is 40.6 Å². The van der Waals surface area contributed by atoms with Crippen LogP contribution in [0.1, 0.15) is 17.9 Å². The third kappa shape index (κ3) is 4.79. The molecule has 4 rings (SSSR count). The average molecular weight is 417 g/mol. The molecule has 2 aromatic heterocycles. The second-order valence-electron chi connectivity index (χ2n) is 6.78. The first-order valence-corrected chi connectivity index (χ1v) is 10.5. The number of aryl methyl sites for hydroxylation is 1. The van der Waals surface area contributed by atoms with Crippen molar-refractivity contribution in [3.8, 4) is 10.7 Å². The van der Waals surface area contributed by atoms with Crippen molar-refractivity contribution in [3.63, 3.8) is 0 Å². The first kappa shape index (κ1) is 19.1. The molecule has 3 aromatic rings. The molecule has 8 heteroatoms. The van der Waals surface area contributed by atoms with E-state index in [9.17, 15) is 4.79 Å². The van der Waals surface area contributed by atoms with E-state index in [4.69, 9.17) is 16.1 Å². The summed E-state index contributed by atoms with van der Waals surface area (Å²) < 4.78 is 5.28. The highest BCUT2D eigenvalue weighted by Gasteiger charge is 2.21. The van der Waals surface area contributed by atoms with Crippen molar-refractivity contribution in [2.75, 3.05) is 26.2 Å². The Labute approximate surface area is 172 Å². The predicted octanol–water partition coefficient (Wildman–Crippen LogP) is 3.73. The van der Waals surface area contributed by atoms with Crippen LogP contribution in [0.25, 0.3) is 10.7 Å². The molecule has 3 heterocycles. The van der Waals surface area contributed by atoms with Crippen LogP contribution in [-0.2, 0) is 17.8 Å². The number of aromatic nitrogens is 2. The molecule has 6 nitrogen and oxygen atoms in total. The number of nitrogens with zero attached hydrogens (tertiary/aromatic N) is 4. The maximum absolute atomic E-state index is 12.5. The normalized spacial score (nSPS) is 15.1. The smallest absolute Gasteiger partial charge is 0.227 e. The van der Waals surface area contributed by atoms with Gasteiger partial charge < -0.3 is 9.42 Å². The van der Waals surface area contributed by atoms with Crippen LogP contribution in [0.5, 0.6) is 0 Å². The van der Waals surface area contributed by atoms with Gasteiger partial charge in [-0.25, -0.2) is 0 Å². The van der Waals surface area contributed by atoms with Crippen LogP contribution < -0.4 is 0 Å². The van der Waals surface area contributed by atoms with Gasteiger partial charge in [0.2, 0.25) is 17.6 Å². The summed E-state index contributed by atoms with van der Waals surface area (Å²) >= 11 is 7.62. The van der Waals surface area contributed by atoms with Crippen molar-refractivity contribution in [1.82, 2.24) is 19.9 Å². The van der Waals surface area contributed by atoms with Crippen LogP contribution >= 0.6 is 22.9 Å². The number of thiophene rings is 1. The van der Waals surface area contributed by atoms with Crippen molar-refractivity contribution in [3.05, 3.63) is 58.3 Å². The fraction of sp³-hybridized carbons (Fsp3) is 0.350. The summed E-state index contributed by atoms with van der Waals surface area (Å²) in [6, 6.07) is 11.8. The fourth-order valence-electron chi connectivity index (χ4n) is 3.28. The third-order valence-corrected chi connectivity index (χ3v) is 5.88. The second kappa shape index (κ2) is 8.86. The number of rotatable bonds is 6. The summed E-state index contributed by atoms with van der Waals surface area (Å²) in [6.45, 7) is 4.06. The van der Waals surface area contributed by atoms with E-state index in [-0.39, 0.29) is 5.91 Å². The van der Waals surface area contributed by atoms with Crippen molar-refractivity contribution in [2.24, 2.45) is 0 Å². The molecule has 0 radical (unpaired) electrons. The molecule has 1 saturated heterocycles. The largest absolute Gasteiger partial charge is 0.340 e. The minimum absolute atomic E-state index is 0.137. The molecular formula is C20H21ClN4O2S. The summed E-state index contributed by atoms with van der Waals surface area (Å²) in [4.78, 5) is 22.1. The summed E-state index contributed by atoms with van der Waals surface area (Å²) in [5.41, 5.74) is 1.20. The highest BCUT2D eigenvalue weighted by atomic mass is 35.5. The molecule has 1 aromatic carbocycles. The number of carbonyl (C=O) groups is 1. The summed E-state index contributed by atoms with van der Waals surface area (Å²) in [5, 5.41) is 6.72. The average Bonchev–Trinajstić information content (AvgIpc) is 3.38. The van der Waals surface area contributed by atoms with Crippen molar-refractivity contribution in [2.45, 2.75) is 19.4 Å². The molecule has 1 aliphatic rings. The zero-order valence-corrected chi connectivity index (χ0v) is 17.0. The SMILES string of the molecule is O=C(CCc1nc(-c2cccs2)no1)N1CCN(Cc2cccc(Cl)c2)CC1. The molecule has 0 N–H and O–H groups in total. The van der Waals surface area contributed by atoms with Crippen LogP contribution in [0.15, 0.2) is 46.3 Å². The monoisotopic (exact) mass is 416 g/mol. The quantitative estimate of drug-likeness (QED) is 0.612. The lowest BCUT2D eigenvalue weighted by Gasteiger charge is -2.34. The topological polar surface area (TPSA) is 62.5 Å². The van der Waals surface area contributed by atoms with Gasteiger partial charge in [0.1, 0.15) is 0 Å². The lowest BCUT2D eigenvalue weighted by Crippen LogP contribution is -2.48. The molecule has 0 aliphatic carbocycles. The van der Waals surface area contributed by atoms with Crippen LogP contribution in [0, 0.1) is 0 Å². The zero-order chi connectivity index (χ0) is 19.3. The molecule has 0 atom stereocenters. The van der Waals surface area contributed by atoms with Crippen LogP contribution in [0.2, 0.25) is 5.02 Å². The number of hydrogen-bond acceptors (Lipinski definition) is 6. The lowest BCUT2D eigenvalue weighted by molar-refractivity contribution is -0.133. The maximum atomic E-state index is 12.5.